The maximum Gasteiger partial charge on any atom is 0.255 e. The van der Waals surface area contributed by atoms with Crippen molar-refractivity contribution in [3.63, 3.8) is 0 Å². The van der Waals surface area contributed by atoms with Crippen molar-refractivity contribution >= 4 is 17.5 Å². The van der Waals surface area contributed by atoms with Gasteiger partial charge in [-0.2, -0.15) is 0 Å². The van der Waals surface area contributed by atoms with Crippen LogP contribution in [0.25, 0.3) is 0 Å². The average molecular weight is 437 g/mol. The third-order valence-electron chi connectivity index (χ3n) is 4.29. The van der Waals surface area contributed by atoms with Crippen LogP contribution in [0.15, 0.2) is 103 Å². The molecule has 1 heterocycles. The number of halogens is 1. The van der Waals surface area contributed by atoms with E-state index in [2.05, 4.69) is 22.1 Å². The van der Waals surface area contributed by atoms with Gasteiger partial charge < -0.3 is 11.1 Å². The number of nitrogens with one attached hydrogen (secondary N) is 1. The number of rotatable bonds is 3. The second-order valence-corrected chi connectivity index (χ2v) is 6.77. The summed E-state index contributed by atoms with van der Waals surface area (Å²) in [5, 5.41) is 2.73. The Morgan fingerprint density at radius 1 is 0.758 bits per heavy atom. The number of hydrogen-bond donors (Lipinski definition) is 2. The third-order valence-corrected chi connectivity index (χ3v) is 4.29. The lowest BCUT2D eigenvalue weighted by atomic mass is 10.1. The molecule has 0 fully saturated rings. The van der Waals surface area contributed by atoms with Crippen LogP contribution in [0.1, 0.15) is 31.8 Å². The van der Waals surface area contributed by atoms with Crippen LogP contribution in [0, 0.1) is 17.7 Å². The van der Waals surface area contributed by atoms with Crippen molar-refractivity contribution in [3.05, 3.63) is 131 Å². The summed E-state index contributed by atoms with van der Waals surface area (Å²) in [4.78, 5) is 27.2. The number of nitrogens with two attached hydrogens (primary N) is 1. The largest absolute Gasteiger partial charge is 0.366 e. The number of carbonyl (C=O) groups is 2. The van der Waals surface area contributed by atoms with Crippen molar-refractivity contribution in [1.82, 2.24) is 4.98 Å². The van der Waals surface area contributed by atoms with Gasteiger partial charge in [0.1, 0.15) is 5.82 Å². The molecule has 0 aliphatic carbocycles. The molecule has 0 saturated heterocycles. The highest BCUT2D eigenvalue weighted by molar-refractivity contribution is 6.04. The van der Waals surface area contributed by atoms with E-state index in [4.69, 9.17) is 5.73 Å². The van der Waals surface area contributed by atoms with Crippen molar-refractivity contribution in [2.24, 2.45) is 5.73 Å². The highest BCUT2D eigenvalue weighted by Gasteiger charge is 2.06. The first-order chi connectivity index (χ1) is 16.0. The number of amides is 2. The van der Waals surface area contributed by atoms with Gasteiger partial charge in [-0.05, 0) is 54.6 Å². The highest BCUT2D eigenvalue weighted by Crippen LogP contribution is 2.12. The van der Waals surface area contributed by atoms with Crippen molar-refractivity contribution in [3.8, 4) is 11.8 Å². The molecule has 3 N–H and O–H groups in total. The van der Waals surface area contributed by atoms with Crippen LogP contribution >= 0.6 is 0 Å². The summed E-state index contributed by atoms with van der Waals surface area (Å²) in [7, 11) is 0. The van der Waals surface area contributed by atoms with Gasteiger partial charge in [0, 0.05) is 34.8 Å². The lowest BCUT2D eigenvalue weighted by Crippen LogP contribution is -2.11. The molecule has 0 aliphatic heterocycles. The van der Waals surface area contributed by atoms with Crippen LogP contribution in [-0.4, -0.2) is 16.8 Å². The van der Waals surface area contributed by atoms with Gasteiger partial charge in [0.05, 0.1) is 5.56 Å². The highest BCUT2D eigenvalue weighted by atomic mass is 19.1. The summed E-state index contributed by atoms with van der Waals surface area (Å²) in [5.74, 6) is 4.56. The Kier molecular flexibility index (Phi) is 8.04. The molecule has 0 atom stereocenters. The third kappa shape index (κ3) is 7.46. The number of carbonyl (C=O) groups excluding carboxylic acids is 2. The first kappa shape index (κ1) is 22.9. The lowest BCUT2D eigenvalue weighted by molar-refractivity contribution is 0.0997. The SMILES string of the molecule is NC(=O)c1cncc(C#Cc2ccc(NC(=O)c3ccc(F)cc3)cc2)c1.c1ccccc1. The standard InChI is InChI=1S/C21H14FN3O2.C6H6/c22-18-7-5-16(6-8-18)21(27)25-19-9-3-14(4-10-19)1-2-15-11-17(20(23)26)13-24-12-15;1-2-4-6-5-3-1/h3-13H,(H2,23,26)(H,25,27);1-6H. The van der Waals surface area contributed by atoms with Gasteiger partial charge in [-0.15, -0.1) is 0 Å². The summed E-state index contributed by atoms with van der Waals surface area (Å²) in [5.41, 5.74) is 7.75. The second-order valence-electron chi connectivity index (χ2n) is 6.77. The van der Waals surface area contributed by atoms with Gasteiger partial charge in [-0.25, -0.2) is 4.39 Å². The van der Waals surface area contributed by atoms with Gasteiger partial charge in [0.25, 0.3) is 5.91 Å². The first-order valence-electron chi connectivity index (χ1n) is 9.95. The molecule has 2 amide bonds. The zero-order valence-electron chi connectivity index (χ0n) is 17.5. The van der Waals surface area contributed by atoms with E-state index in [0.717, 1.165) is 5.56 Å². The quantitative estimate of drug-likeness (QED) is 0.457. The summed E-state index contributed by atoms with van der Waals surface area (Å²) in [6.07, 6.45) is 2.92. The molecule has 0 saturated carbocycles. The Morgan fingerprint density at radius 3 is 1.91 bits per heavy atom. The number of aromatic nitrogens is 1. The Bertz CT molecular complexity index is 1250. The van der Waals surface area contributed by atoms with Gasteiger partial charge in [0.2, 0.25) is 5.91 Å². The Balaban J connectivity index is 0.000000442. The molecule has 0 radical (unpaired) electrons. The monoisotopic (exact) mass is 437 g/mol. The average Bonchev–Trinajstić information content (AvgIpc) is 2.85. The molecule has 0 spiro atoms. The van der Waals surface area contributed by atoms with Crippen LogP contribution in [0.3, 0.4) is 0 Å². The van der Waals surface area contributed by atoms with E-state index in [9.17, 15) is 14.0 Å². The molecule has 0 aliphatic rings. The van der Waals surface area contributed by atoms with Crippen LogP contribution in [-0.2, 0) is 0 Å². The number of hydrogen-bond acceptors (Lipinski definition) is 3. The minimum absolute atomic E-state index is 0.292. The fourth-order valence-corrected chi connectivity index (χ4v) is 2.61. The summed E-state index contributed by atoms with van der Waals surface area (Å²) in [6, 6.07) is 25.8. The van der Waals surface area contributed by atoms with Crippen LogP contribution in [0.5, 0.6) is 0 Å². The molecular weight excluding hydrogens is 417 g/mol. The van der Waals surface area contributed by atoms with E-state index >= 15 is 0 Å². The van der Waals surface area contributed by atoms with Crippen LogP contribution in [0.2, 0.25) is 0 Å². The van der Waals surface area contributed by atoms with Crippen LogP contribution < -0.4 is 11.1 Å². The van der Waals surface area contributed by atoms with Gasteiger partial charge >= 0.3 is 0 Å². The lowest BCUT2D eigenvalue weighted by Gasteiger charge is -2.05. The minimum Gasteiger partial charge on any atom is -0.366 e. The minimum atomic E-state index is -0.563. The Hall–Kier alpha value is -4.76. The molecular formula is C27H20FN3O2. The molecule has 0 unspecified atom stereocenters. The van der Waals surface area contributed by atoms with Crippen molar-refractivity contribution in [1.29, 1.82) is 0 Å². The molecule has 33 heavy (non-hydrogen) atoms. The second kappa shape index (κ2) is 11.6. The molecule has 5 nitrogen and oxygen atoms in total. The van der Waals surface area contributed by atoms with Crippen molar-refractivity contribution in [2.45, 2.75) is 0 Å². The Morgan fingerprint density at radius 2 is 1.33 bits per heavy atom. The zero-order chi connectivity index (χ0) is 23.5. The predicted octanol–water partition coefficient (Wildman–Crippen LogP) is 4.66. The topological polar surface area (TPSA) is 85.1 Å². The summed E-state index contributed by atoms with van der Waals surface area (Å²) < 4.78 is 12.9. The number of anilines is 1. The van der Waals surface area contributed by atoms with E-state index in [1.807, 2.05) is 36.4 Å². The molecule has 0 bridgehead atoms. The van der Waals surface area contributed by atoms with Crippen molar-refractivity contribution in [2.75, 3.05) is 5.32 Å². The molecule has 4 aromatic rings. The molecule has 3 aromatic carbocycles. The van der Waals surface area contributed by atoms with E-state index < -0.39 is 11.7 Å². The van der Waals surface area contributed by atoms with Crippen LogP contribution in [0.4, 0.5) is 10.1 Å². The fraction of sp³-hybridized carbons (Fsp3) is 0. The molecule has 1 aromatic heterocycles. The predicted molar refractivity (Wildman–Crippen MR) is 126 cm³/mol. The first-order valence-corrected chi connectivity index (χ1v) is 9.95. The summed E-state index contributed by atoms with van der Waals surface area (Å²) >= 11 is 0. The van der Waals surface area contributed by atoms with E-state index in [0.29, 0.717) is 22.4 Å². The molecule has 4 rings (SSSR count). The maximum atomic E-state index is 12.9. The zero-order valence-corrected chi connectivity index (χ0v) is 17.5. The van der Waals surface area contributed by atoms with E-state index in [1.165, 1.54) is 36.7 Å². The molecule has 162 valence electrons. The van der Waals surface area contributed by atoms with Gasteiger partial charge in [0.15, 0.2) is 0 Å². The van der Waals surface area contributed by atoms with Gasteiger partial charge in [-0.1, -0.05) is 48.2 Å². The number of primary amides is 1. The van der Waals surface area contributed by atoms with Crippen molar-refractivity contribution < 1.29 is 14.0 Å². The summed E-state index contributed by atoms with van der Waals surface area (Å²) in [6.45, 7) is 0. The van der Waals surface area contributed by atoms with Gasteiger partial charge in [-0.3, -0.25) is 14.6 Å². The number of benzene rings is 3. The Labute approximate surface area is 191 Å². The number of pyridine rings is 1. The maximum absolute atomic E-state index is 12.9. The van der Waals surface area contributed by atoms with E-state index in [-0.39, 0.29) is 5.91 Å². The van der Waals surface area contributed by atoms with E-state index in [1.54, 1.807) is 30.3 Å². The number of nitrogens with zero attached hydrogens (tertiary/aromatic N) is 1. The normalized spacial score (nSPS) is 9.48. The fourth-order valence-electron chi connectivity index (χ4n) is 2.61. The molecule has 6 heteroatoms. The smallest absolute Gasteiger partial charge is 0.255 e.